The largest absolute Gasteiger partial charge is 0.218 e. The van der Waals surface area contributed by atoms with Crippen LogP contribution in [0.25, 0.3) is 0 Å². The van der Waals surface area contributed by atoms with Crippen LogP contribution in [0, 0.1) is 17.5 Å². The maximum Gasteiger partial charge on any atom is 0.216 e. The summed E-state index contributed by atoms with van der Waals surface area (Å²) >= 11 is 0. The van der Waals surface area contributed by atoms with Crippen molar-refractivity contribution in [1.82, 2.24) is 0 Å². The molecule has 3 aromatic carbocycles. The van der Waals surface area contributed by atoms with Crippen LogP contribution in [0.2, 0.25) is 0 Å². The van der Waals surface area contributed by atoms with Crippen molar-refractivity contribution in [2.24, 2.45) is 0 Å². The Balaban J connectivity index is 2.08. The molecule has 2 nitrogen and oxygen atoms in total. The number of benzene rings is 3. The number of hydrogen-bond acceptors (Lipinski definition) is 2. The molecule has 0 amide bonds. The molecule has 0 bridgehead atoms. The zero-order valence-corrected chi connectivity index (χ0v) is 14.2. The standard InChI is InChI=1S/C18H10F3O2S2/c19-11-1-5-14(6-2-11)24-15-7-3-12(20)9-17(15)25(22,23)18-10-13(21)4-8-16(18)24/h1-10H/q+1. The van der Waals surface area contributed by atoms with E-state index in [1.165, 1.54) is 36.4 Å². The van der Waals surface area contributed by atoms with E-state index in [2.05, 4.69) is 0 Å². The fraction of sp³-hybridized carbons (Fsp3) is 0. The summed E-state index contributed by atoms with van der Waals surface area (Å²) in [5, 5.41) is 0. The molecule has 1 aliphatic rings. The summed E-state index contributed by atoms with van der Waals surface area (Å²) in [7, 11) is -4.95. The second kappa shape index (κ2) is 5.64. The third-order valence-electron chi connectivity index (χ3n) is 3.88. The average molecular weight is 379 g/mol. The van der Waals surface area contributed by atoms with Crippen LogP contribution < -0.4 is 0 Å². The minimum Gasteiger partial charge on any atom is -0.218 e. The van der Waals surface area contributed by atoms with Crippen molar-refractivity contribution in [3.63, 3.8) is 0 Å². The van der Waals surface area contributed by atoms with E-state index in [0.29, 0.717) is 14.7 Å². The van der Waals surface area contributed by atoms with Crippen molar-refractivity contribution < 1.29 is 21.6 Å². The third-order valence-corrected chi connectivity index (χ3v) is 8.31. The predicted octanol–water partition coefficient (Wildman–Crippen LogP) is 4.35. The predicted molar refractivity (Wildman–Crippen MR) is 86.8 cm³/mol. The van der Waals surface area contributed by atoms with Gasteiger partial charge in [0.25, 0.3) is 0 Å². The van der Waals surface area contributed by atoms with Gasteiger partial charge in [0.2, 0.25) is 9.84 Å². The van der Waals surface area contributed by atoms with E-state index in [-0.39, 0.29) is 9.79 Å². The summed E-state index contributed by atoms with van der Waals surface area (Å²) in [6.07, 6.45) is 0. The number of fused-ring (bicyclic) bond motifs is 2. The van der Waals surface area contributed by atoms with Crippen molar-refractivity contribution in [1.29, 1.82) is 0 Å². The smallest absolute Gasteiger partial charge is 0.216 e. The second-order valence-electron chi connectivity index (χ2n) is 5.45. The Morgan fingerprint density at radius 3 is 1.56 bits per heavy atom. The Kier molecular flexibility index (Phi) is 3.66. The van der Waals surface area contributed by atoms with Crippen LogP contribution in [0.1, 0.15) is 0 Å². The molecule has 1 heterocycles. The number of rotatable bonds is 1. The zero-order chi connectivity index (χ0) is 17.8. The molecule has 1 aliphatic heterocycles. The summed E-state index contributed by atoms with van der Waals surface area (Å²) in [6, 6.07) is 12.8. The van der Waals surface area contributed by atoms with Crippen LogP contribution >= 0.6 is 0 Å². The Labute approximate surface area is 145 Å². The lowest BCUT2D eigenvalue weighted by Gasteiger charge is -2.19. The summed E-state index contributed by atoms with van der Waals surface area (Å²) in [5.74, 6) is -1.80. The Hall–Kier alpha value is -2.25. The number of hydrogen-bond donors (Lipinski definition) is 0. The molecule has 0 saturated carbocycles. The van der Waals surface area contributed by atoms with Crippen molar-refractivity contribution >= 4 is 20.7 Å². The van der Waals surface area contributed by atoms with Crippen molar-refractivity contribution in [3.05, 3.63) is 78.1 Å². The van der Waals surface area contributed by atoms with Gasteiger partial charge in [0.1, 0.15) is 38.1 Å². The molecule has 0 atom stereocenters. The van der Waals surface area contributed by atoms with Gasteiger partial charge in [-0.15, -0.1) is 0 Å². The van der Waals surface area contributed by atoms with Gasteiger partial charge >= 0.3 is 0 Å². The van der Waals surface area contributed by atoms with E-state index < -0.39 is 38.2 Å². The molecular formula is C18H10F3O2S2+. The molecule has 3 aromatic rings. The first kappa shape index (κ1) is 16.2. The van der Waals surface area contributed by atoms with Crippen molar-refractivity contribution in [2.45, 2.75) is 24.5 Å². The molecular weight excluding hydrogens is 369 g/mol. The first-order valence-corrected chi connectivity index (χ1v) is 9.93. The minimum absolute atomic E-state index is 0.182. The first-order chi connectivity index (χ1) is 11.9. The van der Waals surface area contributed by atoms with Gasteiger partial charge in [0, 0.05) is 0 Å². The van der Waals surface area contributed by atoms with Gasteiger partial charge in [-0.05, 0) is 60.7 Å². The van der Waals surface area contributed by atoms with Crippen LogP contribution in [-0.2, 0) is 20.7 Å². The maximum atomic E-state index is 13.7. The monoisotopic (exact) mass is 379 g/mol. The quantitative estimate of drug-likeness (QED) is 0.461. The molecule has 0 aliphatic carbocycles. The Morgan fingerprint density at radius 1 is 0.640 bits per heavy atom. The lowest BCUT2D eigenvalue weighted by molar-refractivity contribution is 0.578. The molecule has 0 unspecified atom stereocenters. The topological polar surface area (TPSA) is 34.1 Å². The maximum absolute atomic E-state index is 13.7. The van der Waals surface area contributed by atoms with Crippen molar-refractivity contribution in [2.75, 3.05) is 0 Å². The highest BCUT2D eigenvalue weighted by molar-refractivity contribution is 8.00. The molecule has 7 heteroatoms. The van der Waals surface area contributed by atoms with E-state index in [1.54, 1.807) is 12.1 Å². The Bertz CT molecular complexity index is 1030. The lowest BCUT2D eigenvalue weighted by Crippen LogP contribution is -2.21. The van der Waals surface area contributed by atoms with E-state index >= 15 is 0 Å². The van der Waals surface area contributed by atoms with Gasteiger partial charge in [0.05, 0.1) is 0 Å². The molecule has 126 valence electrons. The van der Waals surface area contributed by atoms with Gasteiger partial charge in [-0.1, -0.05) is 0 Å². The second-order valence-corrected chi connectivity index (χ2v) is 9.30. The van der Waals surface area contributed by atoms with Crippen LogP contribution in [0.15, 0.2) is 85.1 Å². The summed E-state index contributed by atoms with van der Waals surface area (Å²) in [5.41, 5.74) is 0. The van der Waals surface area contributed by atoms with Gasteiger partial charge < -0.3 is 0 Å². The number of sulfone groups is 1. The molecule has 0 aromatic heterocycles. The molecule has 0 fully saturated rings. The van der Waals surface area contributed by atoms with Crippen LogP contribution in [0.4, 0.5) is 13.2 Å². The molecule has 0 N–H and O–H groups in total. The third kappa shape index (κ3) is 2.54. The molecule has 0 spiro atoms. The number of halogens is 3. The van der Waals surface area contributed by atoms with E-state index in [0.717, 1.165) is 12.1 Å². The molecule has 0 radical (unpaired) electrons. The summed E-state index contributed by atoms with van der Waals surface area (Å²) in [6.45, 7) is 0. The highest BCUT2D eigenvalue weighted by Gasteiger charge is 2.45. The lowest BCUT2D eigenvalue weighted by atomic mass is 10.3. The van der Waals surface area contributed by atoms with Crippen LogP contribution in [0.3, 0.4) is 0 Å². The summed E-state index contributed by atoms with van der Waals surface area (Å²) in [4.78, 5) is 1.12. The van der Waals surface area contributed by atoms with E-state index in [9.17, 15) is 21.6 Å². The van der Waals surface area contributed by atoms with Gasteiger partial charge in [0.15, 0.2) is 14.7 Å². The molecule has 4 rings (SSSR count). The fourth-order valence-corrected chi connectivity index (χ4v) is 7.46. The van der Waals surface area contributed by atoms with Crippen molar-refractivity contribution in [3.8, 4) is 0 Å². The van der Waals surface area contributed by atoms with E-state index in [1.807, 2.05) is 0 Å². The van der Waals surface area contributed by atoms with Crippen LogP contribution in [0.5, 0.6) is 0 Å². The summed E-state index contributed by atoms with van der Waals surface area (Å²) < 4.78 is 66.3. The van der Waals surface area contributed by atoms with E-state index in [4.69, 9.17) is 0 Å². The SMILES string of the molecule is O=S1(=O)c2cc(F)ccc2[S+](c2ccc(F)cc2)c2ccc(F)cc21. The minimum atomic E-state index is -4.04. The average Bonchev–Trinajstić information content (AvgIpc) is 2.58. The van der Waals surface area contributed by atoms with Gasteiger partial charge in [-0.2, -0.15) is 0 Å². The fourth-order valence-electron chi connectivity index (χ4n) is 2.78. The van der Waals surface area contributed by atoms with Gasteiger partial charge in [-0.3, -0.25) is 0 Å². The highest BCUT2D eigenvalue weighted by Crippen LogP contribution is 2.45. The zero-order valence-electron chi connectivity index (χ0n) is 12.5. The first-order valence-electron chi connectivity index (χ1n) is 7.22. The molecule has 25 heavy (non-hydrogen) atoms. The van der Waals surface area contributed by atoms with Crippen LogP contribution in [-0.4, -0.2) is 8.42 Å². The van der Waals surface area contributed by atoms with Gasteiger partial charge in [-0.25, -0.2) is 21.6 Å². The highest BCUT2D eigenvalue weighted by atomic mass is 32.2. The Morgan fingerprint density at radius 2 is 1.08 bits per heavy atom. The molecule has 0 saturated heterocycles. The normalized spacial score (nSPS) is 15.5.